The Hall–Kier alpha value is -2.57. The molecule has 5 nitrogen and oxygen atoms in total. The van der Waals surface area contributed by atoms with E-state index in [1.54, 1.807) is 18.4 Å². The van der Waals surface area contributed by atoms with Gasteiger partial charge in [-0.3, -0.25) is 4.90 Å². The molecule has 0 bridgehead atoms. The van der Waals surface area contributed by atoms with E-state index in [4.69, 9.17) is 4.74 Å². The molecule has 4 rings (SSSR count). The predicted molar refractivity (Wildman–Crippen MR) is 126 cm³/mol. The number of piperazine rings is 1. The third-order valence-corrected chi connectivity index (χ3v) is 7.26. The van der Waals surface area contributed by atoms with E-state index in [9.17, 15) is 5.21 Å². The number of para-hydroxylation sites is 2. The number of methoxy groups -OCH3 is 1. The molecule has 0 atom stereocenters. The summed E-state index contributed by atoms with van der Waals surface area (Å²) in [4.78, 5) is 5.93. The van der Waals surface area contributed by atoms with Gasteiger partial charge in [0, 0.05) is 43.8 Å². The van der Waals surface area contributed by atoms with Crippen LogP contribution in [0.4, 0.5) is 5.69 Å². The summed E-state index contributed by atoms with van der Waals surface area (Å²) in [6, 6.07) is 14.7. The molecule has 2 aromatic carbocycles. The minimum absolute atomic E-state index is 0.748. The van der Waals surface area contributed by atoms with Gasteiger partial charge in [0.05, 0.1) is 23.4 Å². The van der Waals surface area contributed by atoms with Crippen molar-refractivity contribution in [1.29, 1.82) is 0 Å². The van der Waals surface area contributed by atoms with E-state index in [0.717, 1.165) is 61.2 Å². The van der Waals surface area contributed by atoms with Crippen molar-refractivity contribution < 1.29 is 9.94 Å². The highest BCUT2D eigenvalue weighted by Gasteiger charge is 2.21. The summed E-state index contributed by atoms with van der Waals surface area (Å²) in [5, 5.41) is 14.7. The summed E-state index contributed by atoms with van der Waals surface area (Å²) in [6.07, 6.45) is 0.748. The lowest BCUT2D eigenvalue weighted by atomic mass is 10.1. The van der Waals surface area contributed by atoms with Crippen LogP contribution in [0.3, 0.4) is 0 Å². The van der Waals surface area contributed by atoms with Gasteiger partial charge >= 0.3 is 0 Å². The van der Waals surface area contributed by atoms with Gasteiger partial charge in [-0.25, -0.2) is 0 Å². The summed E-state index contributed by atoms with van der Waals surface area (Å²) in [6.45, 7) is 9.04. The molecule has 1 aliphatic heterocycles. The molecule has 0 spiro atoms. The molecule has 2 heterocycles. The summed E-state index contributed by atoms with van der Waals surface area (Å²) >= 11 is 1.72. The van der Waals surface area contributed by atoms with Crippen LogP contribution < -0.4 is 9.64 Å². The molecule has 1 aromatic heterocycles. The Morgan fingerprint density at radius 2 is 1.87 bits per heavy atom. The van der Waals surface area contributed by atoms with Gasteiger partial charge in [-0.1, -0.05) is 35.0 Å². The van der Waals surface area contributed by atoms with Gasteiger partial charge in [-0.2, -0.15) is 0 Å². The molecule has 0 aliphatic carbocycles. The second kappa shape index (κ2) is 9.06. The number of thiophene rings is 1. The quantitative estimate of drug-likeness (QED) is 0.347. The van der Waals surface area contributed by atoms with E-state index in [1.807, 2.05) is 12.1 Å². The summed E-state index contributed by atoms with van der Waals surface area (Å²) in [5.41, 5.74) is 4.42. The number of oxime groups is 1. The highest BCUT2D eigenvalue weighted by atomic mass is 32.1. The zero-order valence-electron chi connectivity index (χ0n) is 17.9. The van der Waals surface area contributed by atoms with Crippen molar-refractivity contribution in [3.05, 3.63) is 58.5 Å². The van der Waals surface area contributed by atoms with Crippen molar-refractivity contribution in [3.63, 3.8) is 0 Å². The standard InChI is InChI=1S/C24H29N3O2S/c1-17-8-9-23-19(16-17)18(2)24(30-23)20(25-28)10-11-26-12-14-27(15-13-26)21-6-4-5-7-22(21)29-3/h4-9,16,28H,10-15H2,1-3H3/b25-20-. The fourth-order valence-corrected chi connectivity index (χ4v) is 5.39. The first-order valence-electron chi connectivity index (χ1n) is 10.4. The van der Waals surface area contributed by atoms with Crippen molar-refractivity contribution in [2.45, 2.75) is 20.3 Å². The number of aryl methyl sites for hydroxylation is 2. The Bertz CT molecular complexity index is 1050. The summed E-state index contributed by atoms with van der Waals surface area (Å²) < 4.78 is 6.76. The lowest BCUT2D eigenvalue weighted by molar-refractivity contribution is 0.262. The van der Waals surface area contributed by atoms with E-state index < -0.39 is 0 Å². The predicted octanol–water partition coefficient (Wildman–Crippen LogP) is 4.92. The third-order valence-electron chi connectivity index (χ3n) is 5.94. The number of hydrogen-bond donors (Lipinski definition) is 1. The number of anilines is 1. The molecular formula is C24H29N3O2S. The fourth-order valence-electron chi connectivity index (χ4n) is 4.19. The smallest absolute Gasteiger partial charge is 0.142 e. The average molecular weight is 424 g/mol. The molecule has 0 amide bonds. The minimum atomic E-state index is 0.748. The third kappa shape index (κ3) is 4.16. The van der Waals surface area contributed by atoms with Crippen LogP contribution in [-0.4, -0.2) is 55.7 Å². The van der Waals surface area contributed by atoms with Crippen LogP contribution >= 0.6 is 11.3 Å². The molecule has 1 saturated heterocycles. The Labute approximate surface area is 182 Å². The van der Waals surface area contributed by atoms with Crippen LogP contribution in [0.15, 0.2) is 47.6 Å². The SMILES string of the molecule is COc1ccccc1N1CCN(CC/C(=N/O)c2sc3ccc(C)cc3c2C)CC1. The van der Waals surface area contributed by atoms with E-state index in [2.05, 4.69) is 59.1 Å². The fraction of sp³-hybridized carbons (Fsp3) is 0.375. The Morgan fingerprint density at radius 1 is 1.10 bits per heavy atom. The first-order valence-corrected chi connectivity index (χ1v) is 11.2. The van der Waals surface area contributed by atoms with Crippen molar-refractivity contribution in [2.75, 3.05) is 44.7 Å². The van der Waals surface area contributed by atoms with E-state index >= 15 is 0 Å². The number of ether oxygens (including phenoxy) is 1. The van der Waals surface area contributed by atoms with Crippen LogP contribution in [0.2, 0.25) is 0 Å². The van der Waals surface area contributed by atoms with E-state index in [0.29, 0.717) is 0 Å². The van der Waals surface area contributed by atoms with Crippen molar-refractivity contribution in [1.82, 2.24) is 4.90 Å². The summed E-state index contributed by atoms with van der Waals surface area (Å²) in [7, 11) is 1.72. The lowest BCUT2D eigenvalue weighted by Gasteiger charge is -2.36. The van der Waals surface area contributed by atoms with Crippen molar-refractivity contribution in [2.24, 2.45) is 5.16 Å². The average Bonchev–Trinajstić information content (AvgIpc) is 3.10. The Kier molecular flexibility index (Phi) is 6.25. The van der Waals surface area contributed by atoms with Gasteiger partial charge in [0.1, 0.15) is 5.75 Å². The molecule has 6 heteroatoms. The zero-order valence-corrected chi connectivity index (χ0v) is 18.7. The van der Waals surface area contributed by atoms with Gasteiger partial charge in [0.25, 0.3) is 0 Å². The number of benzene rings is 2. The highest BCUT2D eigenvalue weighted by molar-refractivity contribution is 7.21. The molecule has 30 heavy (non-hydrogen) atoms. The maximum atomic E-state index is 9.72. The van der Waals surface area contributed by atoms with Crippen LogP contribution in [0, 0.1) is 13.8 Å². The molecule has 1 fully saturated rings. The van der Waals surface area contributed by atoms with E-state index in [-0.39, 0.29) is 0 Å². The van der Waals surface area contributed by atoms with Crippen molar-refractivity contribution in [3.8, 4) is 5.75 Å². The molecule has 0 unspecified atom stereocenters. The maximum absolute atomic E-state index is 9.72. The topological polar surface area (TPSA) is 48.3 Å². The second-order valence-electron chi connectivity index (χ2n) is 7.85. The van der Waals surface area contributed by atoms with Gasteiger partial charge in [-0.15, -0.1) is 11.3 Å². The molecule has 1 N–H and O–H groups in total. The number of rotatable bonds is 6. The van der Waals surface area contributed by atoms with E-state index in [1.165, 1.54) is 21.2 Å². The number of nitrogens with zero attached hydrogens (tertiary/aromatic N) is 3. The molecule has 3 aromatic rings. The van der Waals surface area contributed by atoms with Gasteiger partial charge in [-0.05, 0) is 43.0 Å². The summed E-state index contributed by atoms with van der Waals surface area (Å²) in [5.74, 6) is 0.927. The zero-order chi connectivity index (χ0) is 21.1. The first kappa shape index (κ1) is 20.7. The Balaban J connectivity index is 1.39. The molecule has 0 saturated carbocycles. The molecule has 1 aliphatic rings. The minimum Gasteiger partial charge on any atom is -0.495 e. The molecule has 158 valence electrons. The van der Waals surface area contributed by atoms with Crippen LogP contribution in [0.25, 0.3) is 10.1 Å². The van der Waals surface area contributed by atoms with Gasteiger partial charge in [0.2, 0.25) is 0 Å². The monoisotopic (exact) mass is 423 g/mol. The van der Waals surface area contributed by atoms with Crippen LogP contribution in [0.5, 0.6) is 5.75 Å². The molecule has 0 radical (unpaired) electrons. The Morgan fingerprint density at radius 3 is 2.60 bits per heavy atom. The maximum Gasteiger partial charge on any atom is 0.142 e. The molecular weight excluding hydrogens is 394 g/mol. The van der Waals surface area contributed by atoms with Gasteiger partial charge in [0.15, 0.2) is 0 Å². The number of hydrogen-bond acceptors (Lipinski definition) is 6. The largest absolute Gasteiger partial charge is 0.495 e. The van der Waals surface area contributed by atoms with Crippen molar-refractivity contribution >= 4 is 32.8 Å². The second-order valence-corrected chi connectivity index (χ2v) is 8.91. The van der Waals surface area contributed by atoms with Crippen LogP contribution in [-0.2, 0) is 0 Å². The highest BCUT2D eigenvalue weighted by Crippen LogP contribution is 2.33. The lowest BCUT2D eigenvalue weighted by Crippen LogP contribution is -2.47. The normalized spacial score (nSPS) is 15.7. The first-order chi connectivity index (χ1) is 14.6. The number of fused-ring (bicyclic) bond motifs is 1. The van der Waals surface area contributed by atoms with Gasteiger partial charge < -0.3 is 14.8 Å². The van der Waals surface area contributed by atoms with Crippen LogP contribution in [0.1, 0.15) is 22.4 Å².